The van der Waals surface area contributed by atoms with Crippen LogP contribution in [0, 0.1) is 35.5 Å². The maximum absolute atomic E-state index is 14.0. The summed E-state index contributed by atoms with van der Waals surface area (Å²) in [4.78, 5) is 41.5. The maximum atomic E-state index is 14.0. The van der Waals surface area contributed by atoms with Crippen LogP contribution < -0.4 is 16.4 Å². The van der Waals surface area contributed by atoms with Gasteiger partial charge in [-0.3, -0.25) is 15.3 Å². The summed E-state index contributed by atoms with van der Waals surface area (Å²) >= 11 is 0. The van der Waals surface area contributed by atoms with Crippen LogP contribution in [-0.4, -0.2) is 85.0 Å². The Kier molecular flexibility index (Phi) is 11.5. The molecule has 0 radical (unpaired) electrons. The molecule has 10 atom stereocenters. The molecule has 0 aromatic heterocycles. The third-order valence-electron chi connectivity index (χ3n) is 12.6. The van der Waals surface area contributed by atoms with E-state index in [1.54, 1.807) is 13.0 Å². The predicted octanol–water partition coefficient (Wildman–Crippen LogP) is 2.25. The highest BCUT2D eigenvalue weighted by Gasteiger charge is 2.61. The first-order valence-corrected chi connectivity index (χ1v) is 18.7. The SMILES string of the molecule is CC=C(C)C(=O)OC(C)(C)C1(CC2CC(N)[NH2+]CC2CC(=O)N2CC(C[NH2+]C)C2CCC(C)C)CC2CC3CCC(=O)OC3CC2O1. The summed E-state index contributed by atoms with van der Waals surface area (Å²) in [6.45, 7) is 14.8. The Morgan fingerprint density at radius 1 is 1.17 bits per heavy atom. The Morgan fingerprint density at radius 3 is 2.64 bits per heavy atom. The van der Waals surface area contributed by atoms with Gasteiger partial charge in [0.25, 0.3) is 0 Å². The van der Waals surface area contributed by atoms with E-state index in [0.29, 0.717) is 61.0 Å². The van der Waals surface area contributed by atoms with Gasteiger partial charge in [0.05, 0.1) is 26.2 Å². The van der Waals surface area contributed by atoms with Crippen molar-refractivity contribution in [2.24, 2.45) is 41.2 Å². The van der Waals surface area contributed by atoms with Crippen molar-refractivity contribution in [3.05, 3.63) is 11.6 Å². The number of fused-ring (bicyclic) bond motifs is 2. The van der Waals surface area contributed by atoms with Crippen LogP contribution in [0.15, 0.2) is 11.6 Å². The van der Waals surface area contributed by atoms with Gasteiger partial charge in [-0.25, -0.2) is 4.79 Å². The summed E-state index contributed by atoms with van der Waals surface area (Å²) in [6, 6.07) is 0.327. The third-order valence-corrected chi connectivity index (χ3v) is 12.6. The van der Waals surface area contributed by atoms with E-state index in [9.17, 15) is 14.4 Å². The number of hydrogen-bond donors (Lipinski definition) is 3. The second kappa shape index (κ2) is 14.9. The van der Waals surface area contributed by atoms with E-state index in [0.717, 1.165) is 58.2 Å². The van der Waals surface area contributed by atoms with Gasteiger partial charge in [0.15, 0.2) is 0 Å². The number of hydrogen-bond acceptors (Lipinski definition) is 7. The van der Waals surface area contributed by atoms with E-state index in [2.05, 4.69) is 36.4 Å². The van der Waals surface area contributed by atoms with Gasteiger partial charge in [0.1, 0.15) is 23.5 Å². The van der Waals surface area contributed by atoms with Gasteiger partial charge in [0.2, 0.25) is 5.91 Å². The summed E-state index contributed by atoms with van der Waals surface area (Å²) < 4.78 is 19.3. The van der Waals surface area contributed by atoms with Crippen molar-refractivity contribution >= 4 is 17.8 Å². The molecule has 4 heterocycles. The number of allylic oxidation sites excluding steroid dienone is 1. The fourth-order valence-corrected chi connectivity index (χ4v) is 9.48. The van der Waals surface area contributed by atoms with Gasteiger partial charge < -0.3 is 29.7 Å². The molecular formula is C37H64N4O6+2. The number of esters is 2. The molecule has 10 nitrogen and oxygen atoms in total. The van der Waals surface area contributed by atoms with Gasteiger partial charge in [-0.15, -0.1) is 0 Å². The van der Waals surface area contributed by atoms with Crippen LogP contribution in [0.4, 0.5) is 0 Å². The molecule has 1 amide bonds. The molecule has 0 bridgehead atoms. The monoisotopic (exact) mass is 660 g/mol. The summed E-state index contributed by atoms with van der Waals surface area (Å²) in [5.74, 6) is 1.95. The molecule has 1 aliphatic carbocycles. The molecule has 10 heteroatoms. The molecule has 0 spiro atoms. The molecule has 4 saturated heterocycles. The van der Waals surface area contributed by atoms with E-state index >= 15 is 0 Å². The third kappa shape index (κ3) is 7.92. The van der Waals surface area contributed by atoms with E-state index in [1.807, 2.05) is 20.8 Å². The van der Waals surface area contributed by atoms with Crippen LogP contribution in [0.2, 0.25) is 0 Å². The normalized spacial score (nSPS) is 37.6. The number of likely N-dealkylation sites (tertiary alicyclic amines) is 1. The van der Waals surface area contributed by atoms with E-state index in [4.69, 9.17) is 19.9 Å². The number of ether oxygens (including phenoxy) is 3. The minimum atomic E-state index is -0.920. The first-order valence-electron chi connectivity index (χ1n) is 18.7. The Bertz CT molecular complexity index is 1170. The number of amides is 1. The van der Waals surface area contributed by atoms with E-state index in [1.165, 1.54) is 0 Å². The minimum absolute atomic E-state index is 0.0439. The zero-order valence-corrected chi connectivity index (χ0v) is 30.2. The lowest BCUT2D eigenvalue weighted by molar-refractivity contribution is -0.706. The highest BCUT2D eigenvalue weighted by atomic mass is 16.6. The molecule has 0 aromatic carbocycles. The zero-order chi connectivity index (χ0) is 34.1. The van der Waals surface area contributed by atoms with Gasteiger partial charge in [0, 0.05) is 55.7 Å². The molecule has 4 aliphatic heterocycles. The molecular weight excluding hydrogens is 596 g/mol. The average molecular weight is 661 g/mol. The molecule has 6 N–H and O–H groups in total. The summed E-state index contributed by atoms with van der Waals surface area (Å²) in [7, 11) is 2.12. The zero-order valence-electron chi connectivity index (χ0n) is 30.2. The molecule has 1 saturated carbocycles. The van der Waals surface area contributed by atoms with Crippen LogP contribution in [0.1, 0.15) is 106 Å². The standard InChI is InChI=1S/C37H62N4O6/c1-8-23(4)35(44)47-36(5,6)37(18-26-13-24-10-12-34(43)45-30(24)16-31(26)46-37)17-25-14-32(38)40-20-27(25)15-33(42)41-21-28(19-39-7)29(41)11-9-22(2)3/h8,22,24-32,39-40H,9-21,38H2,1-7H3/p+2. The lowest BCUT2D eigenvalue weighted by Crippen LogP contribution is -2.96. The van der Waals surface area contributed by atoms with E-state index in [-0.39, 0.29) is 48.1 Å². The first kappa shape index (κ1) is 36.3. The van der Waals surface area contributed by atoms with Crippen LogP contribution >= 0.6 is 0 Å². The van der Waals surface area contributed by atoms with Crippen LogP contribution in [0.3, 0.4) is 0 Å². The minimum Gasteiger partial charge on any atom is -0.462 e. The largest absolute Gasteiger partial charge is 0.462 e. The summed E-state index contributed by atoms with van der Waals surface area (Å²) in [5, 5.41) is 4.43. The lowest BCUT2D eigenvalue weighted by atomic mass is 9.67. The highest BCUT2D eigenvalue weighted by molar-refractivity contribution is 5.88. The number of carbonyl (C=O) groups is 3. The Labute approximate surface area is 282 Å². The van der Waals surface area contributed by atoms with Gasteiger partial charge in [-0.05, 0) is 89.9 Å². The number of quaternary nitrogens is 2. The number of piperidine rings is 1. The predicted molar refractivity (Wildman–Crippen MR) is 179 cm³/mol. The van der Waals surface area contributed by atoms with Gasteiger partial charge in [-0.2, -0.15) is 0 Å². The van der Waals surface area contributed by atoms with Crippen molar-refractivity contribution in [3.63, 3.8) is 0 Å². The number of nitrogens with two attached hydrogens (primary N) is 3. The second-order valence-electron chi connectivity index (χ2n) is 16.6. The Morgan fingerprint density at radius 2 is 1.94 bits per heavy atom. The van der Waals surface area contributed by atoms with Crippen molar-refractivity contribution in [2.45, 2.75) is 141 Å². The van der Waals surface area contributed by atoms with Crippen LogP contribution in [-0.2, 0) is 28.6 Å². The maximum Gasteiger partial charge on any atom is 0.334 e. The van der Waals surface area contributed by atoms with Gasteiger partial charge >= 0.3 is 11.9 Å². The fraction of sp³-hybridized carbons (Fsp3) is 0.865. The van der Waals surface area contributed by atoms with Crippen molar-refractivity contribution in [3.8, 4) is 0 Å². The van der Waals surface area contributed by atoms with Crippen molar-refractivity contribution in [1.29, 1.82) is 0 Å². The molecule has 10 unspecified atom stereocenters. The number of nitrogens with zero attached hydrogens (tertiary/aromatic N) is 1. The summed E-state index contributed by atoms with van der Waals surface area (Å²) in [6.07, 6.45) is 9.48. The van der Waals surface area contributed by atoms with Crippen molar-refractivity contribution in [1.82, 2.24) is 4.90 Å². The van der Waals surface area contributed by atoms with Crippen LogP contribution in [0.5, 0.6) is 0 Å². The number of carbonyl (C=O) groups excluding carboxylic acids is 3. The quantitative estimate of drug-likeness (QED) is 0.216. The van der Waals surface area contributed by atoms with Gasteiger partial charge in [-0.1, -0.05) is 19.9 Å². The molecule has 5 rings (SSSR count). The topological polar surface area (TPSA) is 141 Å². The molecule has 47 heavy (non-hydrogen) atoms. The average Bonchev–Trinajstić information content (AvgIpc) is 3.36. The molecule has 0 aromatic rings. The van der Waals surface area contributed by atoms with E-state index < -0.39 is 11.2 Å². The summed E-state index contributed by atoms with van der Waals surface area (Å²) in [5.41, 5.74) is 5.50. The molecule has 266 valence electrons. The van der Waals surface area contributed by atoms with Crippen molar-refractivity contribution < 1.29 is 39.2 Å². The van der Waals surface area contributed by atoms with Crippen LogP contribution in [0.25, 0.3) is 0 Å². The molecule has 5 aliphatic rings. The fourth-order valence-electron chi connectivity index (χ4n) is 9.48. The first-order chi connectivity index (χ1) is 22.3. The second-order valence-corrected chi connectivity index (χ2v) is 16.6. The Hall–Kier alpha value is -2.01. The number of rotatable bonds is 12. The Balaban J connectivity index is 1.37. The highest BCUT2D eigenvalue weighted by Crippen LogP contribution is 2.55. The lowest BCUT2D eigenvalue weighted by Gasteiger charge is -2.49. The molecule has 5 fully saturated rings. The smallest absolute Gasteiger partial charge is 0.334 e. The van der Waals surface area contributed by atoms with Crippen molar-refractivity contribution in [2.75, 3.05) is 26.7 Å².